The molecule has 0 N–H and O–H groups in total. The zero-order valence-electron chi connectivity index (χ0n) is 23.6. The van der Waals surface area contributed by atoms with E-state index in [1.54, 1.807) is 24.8 Å². The van der Waals surface area contributed by atoms with Gasteiger partial charge in [0.25, 0.3) is 5.56 Å². The van der Waals surface area contributed by atoms with Crippen molar-refractivity contribution in [2.24, 2.45) is 4.99 Å². The second kappa shape index (κ2) is 12.0. The van der Waals surface area contributed by atoms with E-state index >= 15 is 0 Å². The van der Waals surface area contributed by atoms with E-state index in [9.17, 15) is 9.59 Å². The lowest BCUT2D eigenvalue weighted by atomic mass is 9.93. The zero-order chi connectivity index (χ0) is 29.3. The summed E-state index contributed by atoms with van der Waals surface area (Å²) in [5.41, 5.74) is 5.33. The lowest BCUT2D eigenvalue weighted by Gasteiger charge is -2.27. The van der Waals surface area contributed by atoms with Gasteiger partial charge in [-0.15, -0.1) is 0 Å². The molecule has 4 aromatic rings. The van der Waals surface area contributed by atoms with E-state index in [-0.39, 0.29) is 12.2 Å². The maximum Gasteiger partial charge on any atom is 0.338 e. The van der Waals surface area contributed by atoms with Crippen LogP contribution in [-0.2, 0) is 9.53 Å². The van der Waals surface area contributed by atoms with E-state index in [4.69, 9.17) is 14.5 Å². The molecule has 0 unspecified atom stereocenters. The number of fused-ring (bicyclic) bond motifs is 1. The molecule has 0 amide bonds. The molecule has 0 fully saturated rings. The van der Waals surface area contributed by atoms with Crippen molar-refractivity contribution < 1.29 is 14.3 Å². The molecule has 0 saturated heterocycles. The molecule has 0 radical (unpaired) electrons. The Morgan fingerprint density at radius 2 is 2.00 bits per heavy atom. The number of carbonyl (C=O) groups is 1. The van der Waals surface area contributed by atoms with Crippen LogP contribution >= 0.6 is 27.3 Å². The van der Waals surface area contributed by atoms with Crippen molar-refractivity contribution in [3.05, 3.63) is 107 Å². The molecular weight excluding hydrogens is 604 g/mol. The fourth-order valence-electron chi connectivity index (χ4n) is 5.29. The van der Waals surface area contributed by atoms with Crippen LogP contribution in [0.4, 0.5) is 0 Å². The number of hydrogen-bond acceptors (Lipinski definition) is 7. The van der Waals surface area contributed by atoms with Gasteiger partial charge in [0.2, 0.25) is 0 Å². The Morgan fingerprint density at radius 1 is 1.20 bits per heavy atom. The summed E-state index contributed by atoms with van der Waals surface area (Å²) >= 11 is 4.88. The third-order valence-electron chi connectivity index (χ3n) is 7.04. The Balaban J connectivity index is 1.77. The topological polar surface area (TPSA) is 87.7 Å². The summed E-state index contributed by atoms with van der Waals surface area (Å²) < 4.78 is 16.3. The van der Waals surface area contributed by atoms with E-state index in [0.717, 1.165) is 33.5 Å². The van der Waals surface area contributed by atoms with Gasteiger partial charge in [-0.05, 0) is 75.2 Å². The number of halogens is 1. The van der Waals surface area contributed by atoms with Crippen LogP contribution in [0.2, 0.25) is 0 Å². The van der Waals surface area contributed by atoms with Crippen molar-refractivity contribution in [1.29, 1.82) is 0 Å². The minimum absolute atomic E-state index is 0.209. The predicted octanol–water partition coefficient (Wildman–Crippen LogP) is 5.15. The number of aromatic nitrogens is 3. The molecule has 4 heterocycles. The van der Waals surface area contributed by atoms with Gasteiger partial charge in [-0.2, -0.15) is 0 Å². The van der Waals surface area contributed by atoms with Crippen LogP contribution in [0, 0.1) is 13.8 Å². The number of aryl methyl sites for hydroxylation is 1. The smallest absolute Gasteiger partial charge is 0.338 e. The molecule has 1 aliphatic rings. The van der Waals surface area contributed by atoms with Crippen molar-refractivity contribution in [1.82, 2.24) is 14.1 Å². The van der Waals surface area contributed by atoms with E-state index in [2.05, 4.69) is 31.5 Å². The van der Waals surface area contributed by atoms with E-state index in [1.807, 2.05) is 63.4 Å². The van der Waals surface area contributed by atoms with Gasteiger partial charge < -0.3 is 14.0 Å². The largest absolute Gasteiger partial charge is 0.496 e. The number of benzene rings is 1. The molecule has 0 saturated carbocycles. The van der Waals surface area contributed by atoms with Crippen LogP contribution in [-0.4, -0.2) is 33.8 Å². The molecule has 1 aromatic carbocycles. The Morgan fingerprint density at radius 3 is 2.68 bits per heavy atom. The molecule has 10 heteroatoms. The van der Waals surface area contributed by atoms with Gasteiger partial charge in [-0.25, -0.2) is 9.79 Å². The van der Waals surface area contributed by atoms with Gasteiger partial charge in [-0.1, -0.05) is 40.6 Å². The van der Waals surface area contributed by atoms with E-state index in [0.29, 0.717) is 38.3 Å². The summed E-state index contributed by atoms with van der Waals surface area (Å²) in [6, 6.07) is 10.8. The highest BCUT2D eigenvalue weighted by atomic mass is 79.9. The van der Waals surface area contributed by atoms with Gasteiger partial charge in [0.05, 0.1) is 41.4 Å². The molecule has 8 nitrogen and oxygen atoms in total. The highest BCUT2D eigenvalue weighted by Crippen LogP contribution is 2.38. The summed E-state index contributed by atoms with van der Waals surface area (Å²) in [5, 5.41) is 0. The SMILES string of the molecule is CCCC1=C(C(=O)OCC)[C@@H](c2cc(Br)ccc2OC)n2c(s/c(=C/c3cc(C)n(-c4cccnc4)c3C)c2=O)=N1. The molecule has 0 aliphatic carbocycles. The zero-order valence-corrected chi connectivity index (χ0v) is 26.0. The lowest BCUT2D eigenvalue weighted by Crippen LogP contribution is -2.40. The maximum atomic E-state index is 14.2. The fraction of sp³-hybridized carbons (Fsp3) is 0.290. The number of carbonyl (C=O) groups excluding carboxylic acids is 1. The fourth-order valence-corrected chi connectivity index (χ4v) is 6.68. The van der Waals surface area contributed by atoms with E-state index < -0.39 is 12.0 Å². The highest BCUT2D eigenvalue weighted by molar-refractivity contribution is 9.10. The summed E-state index contributed by atoms with van der Waals surface area (Å²) in [5.74, 6) is 0.0772. The number of allylic oxidation sites excluding steroid dienone is 1. The number of ether oxygens (including phenoxy) is 2. The second-order valence-corrected chi connectivity index (χ2v) is 11.6. The molecule has 0 bridgehead atoms. The Kier molecular flexibility index (Phi) is 8.42. The average Bonchev–Trinajstić information content (AvgIpc) is 3.42. The van der Waals surface area contributed by atoms with Crippen LogP contribution in [0.5, 0.6) is 5.75 Å². The number of rotatable bonds is 8. The highest BCUT2D eigenvalue weighted by Gasteiger charge is 2.36. The molecule has 3 aromatic heterocycles. The van der Waals surface area contributed by atoms with Crippen LogP contribution in [0.15, 0.2) is 74.3 Å². The second-order valence-electron chi connectivity index (χ2n) is 9.67. The third-order valence-corrected chi connectivity index (χ3v) is 8.52. The summed E-state index contributed by atoms with van der Waals surface area (Å²) in [7, 11) is 1.58. The molecule has 1 atom stereocenters. The van der Waals surface area contributed by atoms with Crippen molar-refractivity contribution >= 4 is 39.3 Å². The first kappa shape index (κ1) is 28.8. The van der Waals surface area contributed by atoms with Crippen molar-refractivity contribution in [3.8, 4) is 11.4 Å². The minimum atomic E-state index is -0.760. The Bertz CT molecular complexity index is 1840. The molecule has 212 valence electrons. The normalized spacial score (nSPS) is 15.1. The van der Waals surface area contributed by atoms with Gasteiger partial charge in [0, 0.05) is 27.6 Å². The van der Waals surface area contributed by atoms with Crippen LogP contribution < -0.4 is 19.6 Å². The van der Waals surface area contributed by atoms with Crippen molar-refractivity contribution in [2.75, 3.05) is 13.7 Å². The monoisotopic (exact) mass is 634 g/mol. The number of methoxy groups -OCH3 is 1. The van der Waals surface area contributed by atoms with Crippen LogP contribution in [0.25, 0.3) is 11.8 Å². The summed E-state index contributed by atoms with van der Waals surface area (Å²) in [4.78, 5) is 37.3. The molecule has 41 heavy (non-hydrogen) atoms. The standard InChI is InChI=1S/C31H31BrN4O4S/c1-6-9-24-27(30(38)40-7-2)28(23-16-21(32)11-12-25(23)39-5)36-29(37)26(41-31(36)34-24)15-20-14-18(3)35(19(20)4)22-10-8-13-33-17-22/h8,10-17,28H,6-7,9H2,1-5H3/b26-15+/t28-/m1/s1. The number of hydrogen-bond donors (Lipinski definition) is 0. The minimum Gasteiger partial charge on any atom is -0.496 e. The Hall–Kier alpha value is -3.76. The summed E-state index contributed by atoms with van der Waals surface area (Å²) in [6.45, 7) is 8.07. The predicted molar refractivity (Wildman–Crippen MR) is 163 cm³/mol. The number of nitrogens with zero attached hydrogens (tertiary/aromatic N) is 4. The first-order chi connectivity index (χ1) is 19.8. The van der Waals surface area contributed by atoms with Crippen molar-refractivity contribution in [3.63, 3.8) is 0 Å². The molecule has 5 rings (SSSR count). The summed E-state index contributed by atoms with van der Waals surface area (Å²) in [6.07, 6.45) is 6.81. The maximum absolute atomic E-state index is 14.2. The first-order valence-electron chi connectivity index (χ1n) is 13.4. The lowest BCUT2D eigenvalue weighted by molar-refractivity contribution is -0.139. The van der Waals surface area contributed by atoms with Gasteiger partial charge >= 0.3 is 5.97 Å². The number of esters is 1. The average molecular weight is 636 g/mol. The Labute approximate surface area is 250 Å². The van der Waals surface area contributed by atoms with E-state index in [1.165, 1.54) is 11.3 Å². The molecular formula is C31H31BrN4O4S. The van der Waals surface area contributed by atoms with Gasteiger partial charge in [0.1, 0.15) is 11.8 Å². The number of thiazole rings is 1. The van der Waals surface area contributed by atoms with Crippen LogP contribution in [0.1, 0.15) is 55.2 Å². The van der Waals surface area contributed by atoms with Gasteiger partial charge in [0.15, 0.2) is 4.80 Å². The quantitative estimate of drug-likeness (QED) is 0.250. The number of pyridine rings is 1. The van der Waals surface area contributed by atoms with Gasteiger partial charge in [-0.3, -0.25) is 14.3 Å². The molecule has 1 aliphatic heterocycles. The van der Waals surface area contributed by atoms with Crippen molar-refractivity contribution in [2.45, 2.75) is 46.6 Å². The third kappa shape index (κ3) is 5.34. The van der Waals surface area contributed by atoms with Crippen LogP contribution in [0.3, 0.4) is 0 Å². The first-order valence-corrected chi connectivity index (χ1v) is 15.0. The molecule has 0 spiro atoms.